The fourth-order valence-corrected chi connectivity index (χ4v) is 1.60. The van der Waals surface area contributed by atoms with Gasteiger partial charge in [-0.15, -0.1) is 0 Å². The number of carboxylic acids is 1. The SMILES string of the molecule is CCN(C(=O)Nc1ncnn1C)C(C)CC(=O)O. The largest absolute Gasteiger partial charge is 0.481 e. The lowest BCUT2D eigenvalue weighted by Crippen LogP contribution is -2.42. The van der Waals surface area contributed by atoms with Crippen molar-refractivity contribution in [1.82, 2.24) is 19.7 Å². The van der Waals surface area contributed by atoms with Crippen LogP contribution in [-0.2, 0) is 11.8 Å². The van der Waals surface area contributed by atoms with Crippen LogP contribution in [0.4, 0.5) is 10.7 Å². The summed E-state index contributed by atoms with van der Waals surface area (Å²) in [6.45, 7) is 3.89. The van der Waals surface area contributed by atoms with Gasteiger partial charge in [-0.05, 0) is 13.8 Å². The Kier molecular flexibility index (Phi) is 4.64. The maximum atomic E-state index is 12.0. The van der Waals surface area contributed by atoms with Gasteiger partial charge in [0.05, 0.1) is 6.42 Å². The number of aliphatic carboxylic acids is 1. The van der Waals surface area contributed by atoms with E-state index in [9.17, 15) is 9.59 Å². The third-order valence-electron chi connectivity index (χ3n) is 2.53. The number of carbonyl (C=O) groups is 2. The molecule has 0 radical (unpaired) electrons. The number of nitrogens with zero attached hydrogens (tertiary/aromatic N) is 4. The van der Waals surface area contributed by atoms with Gasteiger partial charge in [0.15, 0.2) is 0 Å². The Morgan fingerprint density at radius 2 is 2.28 bits per heavy atom. The Morgan fingerprint density at radius 3 is 2.72 bits per heavy atom. The standard InChI is InChI=1S/C10H17N5O3/c1-4-15(7(2)5-8(16)17)10(18)13-9-11-6-12-14(9)3/h6-7H,4-5H2,1-3H3,(H,16,17)(H,11,12,13,18). The molecule has 1 atom stereocenters. The number of aromatic nitrogens is 3. The van der Waals surface area contributed by atoms with Gasteiger partial charge in [0.2, 0.25) is 5.95 Å². The number of amides is 2. The third kappa shape index (κ3) is 3.44. The van der Waals surface area contributed by atoms with E-state index in [-0.39, 0.29) is 18.5 Å². The average molecular weight is 255 g/mol. The lowest BCUT2D eigenvalue weighted by atomic mass is 10.2. The van der Waals surface area contributed by atoms with Crippen LogP contribution in [0.1, 0.15) is 20.3 Å². The molecule has 2 amide bonds. The van der Waals surface area contributed by atoms with Crippen molar-refractivity contribution >= 4 is 17.9 Å². The molecule has 0 aromatic carbocycles. The molecule has 0 bridgehead atoms. The van der Waals surface area contributed by atoms with Gasteiger partial charge < -0.3 is 10.0 Å². The van der Waals surface area contributed by atoms with E-state index in [1.165, 1.54) is 15.9 Å². The molecule has 8 heteroatoms. The second-order valence-electron chi connectivity index (χ2n) is 3.87. The van der Waals surface area contributed by atoms with Crippen molar-refractivity contribution in [2.24, 2.45) is 7.05 Å². The van der Waals surface area contributed by atoms with E-state index in [2.05, 4.69) is 15.4 Å². The predicted octanol–water partition coefficient (Wildman–Crippen LogP) is 0.532. The van der Waals surface area contributed by atoms with Crippen molar-refractivity contribution in [1.29, 1.82) is 0 Å². The van der Waals surface area contributed by atoms with E-state index in [0.29, 0.717) is 12.5 Å². The smallest absolute Gasteiger partial charge is 0.324 e. The molecule has 0 saturated carbocycles. The summed E-state index contributed by atoms with van der Waals surface area (Å²) in [5.74, 6) is -0.617. The van der Waals surface area contributed by atoms with Gasteiger partial charge in [0.25, 0.3) is 0 Å². The second kappa shape index (κ2) is 5.99. The van der Waals surface area contributed by atoms with Gasteiger partial charge in [-0.2, -0.15) is 10.1 Å². The molecule has 0 aliphatic carbocycles. The van der Waals surface area contributed by atoms with Gasteiger partial charge in [-0.1, -0.05) is 0 Å². The fourth-order valence-electron chi connectivity index (χ4n) is 1.60. The number of urea groups is 1. The Bertz CT molecular complexity index is 431. The molecule has 1 aromatic heterocycles. The highest BCUT2D eigenvalue weighted by Crippen LogP contribution is 2.07. The highest BCUT2D eigenvalue weighted by Gasteiger charge is 2.21. The highest BCUT2D eigenvalue weighted by atomic mass is 16.4. The van der Waals surface area contributed by atoms with E-state index in [1.54, 1.807) is 20.9 Å². The number of aryl methyl sites for hydroxylation is 1. The second-order valence-corrected chi connectivity index (χ2v) is 3.87. The normalized spacial score (nSPS) is 11.9. The van der Waals surface area contributed by atoms with E-state index in [4.69, 9.17) is 5.11 Å². The highest BCUT2D eigenvalue weighted by molar-refractivity contribution is 5.88. The number of carboxylic acid groups (broad SMARTS) is 1. The molecule has 0 aliphatic heterocycles. The molecular formula is C10H17N5O3. The van der Waals surface area contributed by atoms with E-state index in [1.807, 2.05) is 0 Å². The Hall–Kier alpha value is -2.12. The first-order valence-electron chi connectivity index (χ1n) is 5.59. The zero-order valence-corrected chi connectivity index (χ0v) is 10.6. The quantitative estimate of drug-likeness (QED) is 0.799. The van der Waals surface area contributed by atoms with Crippen molar-refractivity contribution in [3.63, 3.8) is 0 Å². The fraction of sp³-hybridized carbons (Fsp3) is 0.600. The summed E-state index contributed by atoms with van der Waals surface area (Å²) in [5.41, 5.74) is 0. The van der Waals surface area contributed by atoms with E-state index in [0.717, 1.165) is 0 Å². The summed E-state index contributed by atoms with van der Waals surface area (Å²) in [5, 5.41) is 15.1. The van der Waals surface area contributed by atoms with Crippen molar-refractivity contribution in [3.05, 3.63) is 6.33 Å². The van der Waals surface area contributed by atoms with E-state index < -0.39 is 5.97 Å². The third-order valence-corrected chi connectivity index (χ3v) is 2.53. The lowest BCUT2D eigenvalue weighted by molar-refractivity contribution is -0.137. The summed E-state index contributed by atoms with van der Waals surface area (Å²) in [6.07, 6.45) is 1.23. The molecule has 8 nitrogen and oxygen atoms in total. The van der Waals surface area contributed by atoms with Gasteiger partial charge in [0, 0.05) is 19.6 Å². The minimum atomic E-state index is -0.938. The number of hydrogen-bond acceptors (Lipinski definition) is 4. The summed E-state index contributed by atoms with van der Waals surface area (Å²) < 4.78 is 1.42. The van der Waals surface area contributed by atoms with Crippen LogP contribution in [0.3, 0.4) is 0 Å². The topological polar surface area (TPSA) is 100 Å². The Labute approximate surface area is 105 Å². The zero-order valence-electron chi connectivity index (χ0n) is 10.6. The summed E-state index contributed by atoms with van der Waals surface area (Å²) in [7, 11) is 1.65. The molecule has 1 unspecified atom stereocenters. The van der Waals surface area contributed by atoms with Crippen molar-refractivity contribution in [2.75, 3.05) is 11.9 Å². The number of rotatable bonds is 5. The van der Waals surface area contributed by atoms with Crippen molar-refractivity contribution < 1.29 is 14.7 Å². The molecule has 1 aromatic rings. The minimum Gasteiger partial charge on any atom is -0.481 e. The minimum absolute atomic E-state index is 0.0971. The van der Waals surface area contributed by atoms with Crippen LogP contribution in [0, 0.1) is 0 Å². The maximum Gasteiger partial charge on any atom is 0.324 e. The zero-order chi connectivity index (χ0) is 13.7. The molecule has 0 saturated heterocycles. The van der Waals surface area contributed by atoms with Crippen LogP contribution >= 0.6 is 0 Å². The average Bonchev–Trinajstić information content (AvgIpc) is 2.64. The number of nitrogens with one attached hydrogen (secondary N) is 1. The van der Waals surface area contributed by atoms with Crippen LogP contribution in [0.5, 0.6) is 0 Å². The van der Waals surface area contributed by atoms with Gasteiger partial charge in [0.1, 0.15) is 6.33 Å². The number of carbonyl (C=O) groups excluding carboxylic acids is 1. The summed E-state index contributed by atoms with van der Waals surface area (Å²) in [4.78, 5) is 27.9. The van der Waals surface area contributed by atoms with Gasteiger partial charge in [-0.25, -0.2) is 9.48 Å². The Balaban J connectivity index is 2.68. The number of anilines is 1. The molecule has 1 rings (SSSR count). The lowest BCUT2D eigenvalue weighted by Gasteiger charge is -2.26. The van der Waals surface area contributed by atoms with Gasteiger partial charge in [-0.3, -0.25) is 10.1 Å². The maximum absolute atomic E-state index is 12.0. The predicted molar refractivity (Wildman–Crippen MR) is 64.1 cm³/mol. The van der Waals surface area contributed by atoms with Crippen LogP contribution < -0.4 is 5.32 Å². The molecule has 0 fully saturated rings. The van der Waals surface area contributed by atoms with Crippen LogP contribution in [0.2, 0.25) is 0 Å². The molecular weight excluding hydrogens is 238 g/mol. The first-order chi connectivity index (χ1) is 8.45. The molecule has 0 aliphatic rings. The monoisotopic (exact) mass is 255 g/mol. The first kappa shape index (κ1) is 13.9. The van der Waals surface area contributed by atoms with Crippen molar-refractivity contribution in [3.8, 4) is 0 Å². The number of hydrogen-bond donors (Lipinski definition) is 2. The Morgan fingerprint density at radius 1 is 1.61 bits per heavy atom. The van der Waals surface area contributed by atoms with Gasteiger partial charge >= 0.3 is 12.0 Å². The molecule has 0 spiro atoms. The molecule has 18 heavy (non-hydrogen) atoms. The first-order valence-corrected chi connectivity index (χ1v) is 5.59. The van der Waals surface area contributed by atoms with Crippen LogP contribution in [0.25, 0.3) is 0 Å². The summed E-state index contributed by atoms with van der Waals surface area (Å²) >= 11 is 0. The van der Waals surface area contributed by atoms with Crippen LogP contribution in [-0.4, -0.2) is 49.4 Å². The molecule has 1 heterocycles. The molecule has 100 valence electrons. The van der Waals surface area contributed by atoms with E-state index >= 15 is 0 Å². The van der Waals surface area contributed by atoms with Crippen molar-refractivity contribution in [2.45, 2.75) is 26.3 Å². The summed E-state index contributed by atoms with van der Waals surface area (Å²) in [6, 6.07) is -0.775. The molecule has 2 N–H and O–H groups in total. The van der Waals surface area contributed by atoms with Crippen LogP contribution in [0.15, 0.2) is 6.33 Å².